The predicted octanol–water partition coefficient (Wildman–Crippen LogP) is 3.36. The average molecular weight is 284 g/mol. The summed E-state index contributed by atoms with van der Waals surface area (Å²) in [6.07, 6.45) is 0. The number of carbonyl (C=O) groups is 1. The van der Waals surface area contributed by atoms with Crippen LogP contribution in [0.2, 0.25) is 0 Å². The topological polar surface area (TPSA) is 64.3 Å². The van der Waals surface area contributed by atoms with E-state index in [1.54, 1.807) is 12.1 Å². The van der Waals surface area contributed by atoms with Crippen molar-refractivity contribution in [2.45, 2.75) is 19.9 Å². The molecule has 0 spiro atoms. The minimum Gasteiger partial charge on any atom is -0.493 e. The Hall–Kier alpha value is -2.33. The van der Waals surface area contributed by atoms with Crippen molar-refractivity contribution in [3.63, 3.8) is 0 Å². The van der Waals surface area contributed by atoms with Gasteiger partial charge in [-0.1, -0.05) is 24.3 Å². The number of carbonyl (C=O) groups excluding carboxylic acids is 1. The normalized spacial score (nSPS) is 11.8. The van der Waals surface area contributed by atoms with Gasteiger partial charge >= 0.3 is 0 Å². The van der Waals surface area contributed by atoms with Gasteiger partial charge in [-0.25, -0.2) is 0 Å². The molecule has 0 heterocycles. The van der Waals surface area contributed by atoms with E-state index in [4.69, 9.17) is 10.5 Å². The molecule has 3 N–H and O–H groups in total. The van der Waals surface area contributed by atoms with Crippen molar-refractivity contribution in [2.24, 2.45) is 5.73 Å². The first-order valence-electron chi connectivity index (χ1n) is 7.00. The van der Waals surface area contributed by atoms with Crippen LogP contribution in [-0.2, 0) is 0 Å². The number of ether oxygens (including phenoxy) is 1. The highest BCUT2D eigenvalue weighted by atomic mass is 16.5. The zero-order valence-electron chi connectivity index (χ0n) is 12.3. The summed E-state index contributed by atoms with van der Waals surface area (Å²) >= 11 is 0. The number of nitrogens with two attached hydrogens (primary N) is 1. The Labute approximate surface area is 124 Å². The molecule has 0 aromatic heterocycles. The molecule has 2 rings (SSSR count). The second-order valence-electron chi connectivity index (χ2n) is 4.80. The lowest BCUT2D eigenvalue weighted by Gasteiger charge is -2.12. The van der Waals surface area contributed by atoms with Crippen molar-refractivity contribution in [2.75, 3.05) is 11.9 Å². The largest absolute Gasteiger partial charge is 0.493 e. The van der Waals surface area contributed by atoms with Crippen molar-refractivity contribution < 1.29 is 9.53 Å². The molecular formula is C17H20N2O2. The standard InChI is InChI=1S/C17H20N2O2/c1-3-21-16-10-5-4-9-15(16)17(20)19-14-8-6-7-13(11-14)12(2)18/h4-12H,3,18H2,1-2H3,(H,19,20). The molecule has 0 aliphatic rings. The molecule has 0 saturated carbocycles. The van der Waals surface area contributed by atoms with E-state index >= 15 is 0 Å². The molecule has 1 atom stereocenters. The SMILES string of the molecule is CCOc1ccccc1C(=O)Nc1cccc(C(C)N)c1. The average Bonchev–Trinajstić information content (AvgIpc) is 2.48. The lowest BCUT2D eigenvalue weighted by atomic mass is 10.1. The molecule has 21 heavy (non-hydrogen) atoms. The molecule has 2 aromatic carbocycles. The maximum absolute atomic E-state index is 12.4. The molecule has 4 heteroatoms. The Kier molecular flexibility index (Phi) is 4.95. The van der Waals surface area contributed by atoms with E-state index in [2.05, 4.69) is 5.32 Å². The summed E-state index contributed by atoms with van der Waals surface area (Å²) in [5.74, 6) is 0.390. The summed E-state index contributed by atoms with van der Waals surface area (Å²) in [5, 5.41) is 2.88. The highest BCUT2D eigenvalue weighted by molar-refractivity contribution is 6.06. The van der Waals surface area contributed by atoms with Crippen molar-refractivity contribution >= 4 is 11.6 Å². The first kappa shape index (κ1) is 15.1. The summed E-state index contributed by atoms with van der Waals surface area (Å²) in [7, 11) is 0. The van der Waals surface area contributed by atoms with E-state index in [-0.39, 0.29) is 11.9 Å². The first-order chi connectivity index (χ1) is 10.1. The third-order valence-electron chi connectivity index (χ3n) is 3.10. The number of rotatable bonds is 5. The van der Waals surface area contributed by atoms with Crippen LogP contribution in [0.5, 0.6) is 5.75 Å². The van der Waals surface area contributed by atoms with Gasteiger partial charge in [0.1, 0.15) is 5.75 Å². The molecular weight excluding hydrogens is 264 g/mol. The van der Waals surface area contributed by atoms with Gasteiger partial charge in [-0.05, 0) is 43.7 Å². The fourth-order valence-corrected chi connectivity index (χ4v) is 2.03. The fourth-order valence-electron chi connectivity index (χ4n) is 2.03. The summed E-state index contributed by atoms with van der Waals surface area (Å²) in [6, 6.07) is 14.7. The molecule has 0 fully saturated rings. The minimum atomic E-state index is -0.194. The number of hydrogen-bond acceptors (Lipinski definition) is 3. The Morgan fingerprint density at radius 3 is 2.71 bits per heavy atom. The molecule has 4 nitrogen and oxygen atoms in total. The van der Waals surface area contributed by atoms with Crippen molar-refractivity contribution in [1.82, 2.24) is 0 Å². The van der Waals surface area contributed by atoms with E-state index in [1.807, 2.05) is 50.2 Å². The monoisotopic (exact) mass is 284 g/mol. The quantitative estimate of drug-likeness (QED) is 0.885. The van der Waals surface area contributed by atoms with Crippen molar-refractivity contribution in [3.8, 4) is 5.75 Å². The van der Waals surface area contributed by atoms with Gasteiger partial charge in [0, 0.05) is 11.7 Å². The molecule has 2 aromatic rings. The van der Waals surface area contributed by atoms with Gasteiger partial charge in [-0.3, -0.25) is 4.79 Å². The van der Waals surface area contributed by atoms with Crippen LogP contribution < -0.4 is 15.8 Å². The highest BCUT2D eigenvalue weighted by Crippen LogP contribution is 2.21. The van der Waals surface area contributed by atoms with Crippen LogP contribution in [0.1, 0.15) is 35.8 Å². The molecule has 1 unspecified atom stereocenters. The molecule has 0 bridgehead atoms. The lowest BCUT2D eigenvalue weighted by molar-refractivity contribution is 0.102. The summed E-state index contributed by atoms with van der Waals surface area (Å²) in [6.45, 7) is 4.32. The van der Waals surface area contributed by atoms with Crippen LogP contribution in [0, 0.1) is 0 Å². The van der Waals surface area contributed by atoms with Gasteiger partial charge in [-0.2, -0.15) is 0 Å². The number of hydrogen-bond donors (Lipinski definition) is 2. The fraction of sp³-hybridized carbons (Fsp3) is 0.235. The molecule has 110 valence electrons. The Bertz CT molecular complexity index is 624. The van der Waals surface area contributed by atoms with Gasteiger partial charge in [0.15, 0.2) is 0 Å². The third kappa shape index (κ3) is 3.83. The Morgan fingerprint density at radius 2 is 2.00 bits per heavy atom. The predicted molar refractivity (Wildman–Crippen MR) is 84.6 cm³/mol. The van der Waals surface area contributed by atoms with Crippen LogP contribution in [0.3, 0.4) is 0 Å². The molecule has 1 amide bonds. The number of anilines is 1. The molecule has 0 aliphatic heterocycles. The van der Waals surface area contributed by atoms with Gasteiger partial charge in [0.05, 0.1) is 12.2 Å². The number of para-hydroxylation sites is 1. The summed E-state index contributed by atoms with van der Waals surface area (Å²) in [5.41, 5.74) is 8.08. The summed E-state index contributed by atoms with van der Waals surface area (Å²) < 4.78 is 5.48. The van der Waals surface area contributed by atoms with E-state index in [0.717, 1.165) is 11.3 Å². The van der Waals surface area contributed by atoms with E-state index in [9.17, 15) is 4.79 Å². The second kappa shape index (κ2) is 6.90. The smallest absolute Gasteiger partial charge is 0.259 e. The van der Waals surface area contributed by atoms with Crippen molar-refractivity contribution in [3.05, 3.63) is 59.7 Å². The lowest BCUT2D eigenvalue weighted by Crippen LogP contribution is -2.14. The maximum Gasteiger partial charge on any atom is 0.259 e. The van der Waals surface area contributed by atoms with E-state index < -0.39 is 0 Å². The van der Waals surface area contributed by atoms with E-state index in [0.29, 0.717) is 17.9 Å². The maximum atomic E-state index is 12.4. The minimum absolute atomic E-state index is 0.0717. The Balaban J connectivity index is 2.20. The van der Waals surface area contributed by atoms with Crippen LogP contribution >= 0.6 is 0 Å². The first-order valence-corrected chi connectivity index (χ1v) is 7.00. The van der Waals surface area contributed by atoms with Gasteiger partial charge < -0.3 is 15.8 Å². The van der Waals surface area contributed by atoms with Crippen LogP contribution in [0.25, 0.3) is 0 Å². The number of benzene rings is 2. The Morgan fingerprint density at radius 1 is 1.24 bits per heavy atom. The third-order valence-corrected chi connectivity index (χ3v) is 3.10. The van der Waals surface area contributed by atoms with Crippen LogP contribution in [-0.4, -0.2) is 12.5 Å². The molecule has 0 radical (unpaired) electrons. The van der Waals surface area contributed by atoms with Gasteiger partial charge in [-0.15, -0.1) is 0 Å². The number of nitrogens with one attached hydrogen (secondary N) is 1. The zero-order chi connectivity index (χ0) is 15.2. The second-order valence-corrected chi connectivity index (χ2v) is 4.80. The van der Waals surface area contributed by atoms with E-state index in [1.165, 1.54) is 0 Å². The van der Waals surface area contributed by atoms with Gasteiger partial charge in [0.25, 0.3) is 5.91 Å². The molecule has 0 saturated heterocycles. The number of amides is 1. The van der Waals surface area contributed by atoms with Crippen LogP contribution in [0.4, 0.5) is 5.69 Å². The van der Waals surface area contributed by atoms with Crippen molar-refractivity contribution in [1.29, 1.82) is 0 Å². The molecule has 0 aliphatic carbocycles. The summed E-state index contributed by atoms with van der Waals surface area (Å²) in [4.78, 5) is 12.4. The highest BCUT2D eigenvalue weighted by Gasteiger charge is 2.12. The van der Waals surface area contributed by atoms with Gasteiger partial charge in [0.2, 0.25) is 0 Å². The zero-order valence-corrected chi connectivity index (χ0v) is 12.3. The van der Waals surface area contributed by atoms with Crippen LogP contribution in [0.15, 0.2) is 48.5 Å².